The summed E-state index contributed by atoms with van der Waals surface area (Å²) in [5.41, 5.74) is 8.25. The number of para-hydroxylation sites is 1. The lowest BCUT2D eigenvalue weighted by Crippen LogP contribution is -2.11. The molecular weight excluding hydrogens is 330 g/mol. The number of carbonyl (C=O) groups is 1. The fourth-order valence-electron chi connectivity index (χ4n) is 2.42. The lowest BCUT2D eigenvalue weighted by molar-refractivity contribution is 0.0462. The van der Waals surface area contributed by atoms with Gasteiger partial charge in [0.05, 0.1) is 5.56 Å². The monoisotopic (exact) mass is 349 g/mol. The van der Waals surface area contributed by atoms with E-state index in [0.29, 0.717) is 11.5 Å². The zero-order chi connectivity index (χ0) is 18.4. The highest BCUT2D eigenvalue weighted by atomic mass is 16.5. The number of rotatable bonds is 6. The summed E-state index contributed by atoms with van der Waals surface area (Å²) < 4.78 is 5.24. The van der Waals surface area contributed by atoms with Crippen molar-refractivity contribution < 1.29 is 9.53 Å². The molecule has 1 aromatic heterocycles. The van der Waals surface area contributed by atoms with Crippen molar-refractivity contribution in [3.63, 3.8) is 0 Å². The van der Waals surface area contributed by atoms with E-state index in [1.807, 2.05) is 30.3 Å². The first-order valence-electron chi connectivity index (χ1n) is 8.23. The minimum Gasteiger partial charge on any atom is -0.454 e. The Labute approximate surface area is 151 Å². The normalized spacial score (nSPS) is 10.3. The van der Waals surface area contributed by atoms with E-state index in [1.165, 1.54) is 0 Å². The molecule has 132 valence electrons. The van der Waals surface area contributed by atoms with Gasteiger partial charge in [0.25, 0.3) is 0 Å². The maximum Gasteiger partial charge on any atom is 0.338 e. The van der Waals surface area contributed by atoms with Crippen LogP contribution in [0.25, 0.3) is 0 Å². The van der Waals surface area contributed by atoms with Crippen molar-refractivity contribution in [2.45, 2.75) is 20.0 Å². The number of ether oxygens (including phenoxy) is 1. The van der Waals surface area contributed by atoms with Crippen LogP contribution in [0.15, 0.2) is 54.6 Å². The van der Waals surface area contributed by atoms with Crippen molar-refractivity contribution in [2.24, 2.45) is 0 Å². The largest absolute Gasteiger partial charge is 0.454 e. The van der Waals surface area contributed by atoms with Gasteiger partial charge in [-0.1, -0.05) is 43.3 Å². The maximum absolute atomic E-state index is 12.0. The van der Waals surface area contributed by atoms with Crippen LogP contribution in [0.2, 0.25) is 0 Å². The zero-order valence-electron chi connectivity index (χ0n) is 14.3. The molecule has 0 atom stereocenters. The van der Waals surface area contributed by atoms with E-state index in [0.717, 1.165) is 17.7 Å². The second-order valence-electron chi connectivity index (χ2n) is 5.51. The van der Waals surface area contributed by atoms with E-state index in [-0.39, 0.29) is 18.4 Å². The minimum atomic E-state index is -0.449. The highest BCUT2D eigenvalue weighted by Gasteiger charge is 2.11. The molecule has 0 fully saturated rings. The fourth-order valence-corrected chi connectivity index (χ4v) is 2.42. The number of hydrogen-bond donors (Lipinski definition) is 2. The molecule has 3 aromatic rings. The van der Waals surface area contributed by atoms with Crippen LogP contribution in [-0.4, -0.2) is 20.9 Å². The number of aromatic nitrogens is 3. The number of anilines is 3. The fraction of sp³-hybridized carbons (Fsp3) is 0.158. The third-order valence-electron chi connectivity index (χ3n) is 3.69. The van der Waals surface area contributed by atoms with E-state index in [4.69, 9.17) is 10.5 Å². The summed E-state index contributed by atoms with van der Waals surface area (Å²) >= 11 is 0. The Morgan fingerprint density at radius 3 is 2.54 bits per heavy atom. The van der Waals surface area contributed by atoms with Gasteiger partial charge in [0, 0.05) is 5.69 Å². The van der Waals surface area contributed by atoms with Gasteiger partial charge in [0.2, 0.25) is 11.9 Å². The molecule has 0 amide bonds. The number of nitrogens with two attached hydrogens (primary N) is 1. The predicted octanol–water partition coefficient (Wildman–Crippen LogP) is 3.12. The standard InChI is InChI=1S/C19H19N5O2/c1-2-13-8-6-7-11-15(13)21-19-23-16(22-18(20)24-19)12-26-17(25)14-9-4-3-5-10-14/h3-11H,2,12H2,1H3,(H3,20,21,22,23,24). The molecule has 0 aliphatic carbocycles. The Balaban J connectivity index is 1.72. The maximum atomic E-state index is 12.0. The summed E-state index contributed by atoms with van der Waals surface area (Å²) in [6, 6.07) is 16.6. The number of nitrogens with one attached hydrogen (secondary N) is 1. The van der Waals surface area contributed by atoms with E-state index >= 15 is 0 Å². The number of nitrogens with zero attached hydrogens (tertiary/aromatic N) is 3. The van der Waals surface area contributed by atoms with Gasteiger partial charge in [-0.05, 0) is 30.2 Å². The molecule has 0 bridgehead atoms. The van der Waals surface area contributed by atoms with Gasteiger partial charge in [0.1, 0.15) is 0 Å². The quantitative estimate of drug-likeness (QED) is 0.659. The van der Waals surface area contributed by atoms with Crippen molar-refractivity contribution in [1.29, 1.82) is 0 Å². The highest BCUT2D eigenvalue weighted by Crippen LogP contribution is 2.19. The molecule has 0 unspecified atom stereocenters. The molecule has 0 saturated carbocycles. The van der Waals surface area contributed by atoms with Gasteiger partial charge < -0.3 is 15.8 Å². The molecular formula is C19H19N5O2. The molecule has 0 radical (unpaired) electrons. The third kappa shape index (κ3) is 4.32. The summed E-state index contributed by atoms with van der Waals surface area (Å²) in [5, 5.41) is 3.14. The molecule has 0 spiro atoms. The summed E-state index contributed by atoms with van der Waals surface area (Å²) in [6.45, 7) is 1.97. The number of hydrogen-bond acceptors (Lipinski definition) is 7. The van der Waals surface area contributed by atoms with Crippen LogP contribution in [0.3, 0.4) is 0 Å². The molecule has 7 heteroatoms. The summed E-state index contributed by atoms with van der Waals surface area (Å²) in [4.78, 5) is 24.4. The molecule has 1 heterocycles. The van der Waals surface area contributed by atoms with Crippen molar-refractivity contribution in [3.8, 4) is 0 Å². The average Bonchev–Trinajstić information content (AvgIpc) is 2.67. The molecule has 2 aromatic carbocycles. The number of esters is 1. The number of carbonyl (C=O) groups excluding carboxylic acids is 1. The first-order valence-corrected chi connectivity index (χ1v) is 8.23. The van der Waals surface area contributed by atoms with Crippen LogP contribution < -0.4 is 11.1 Å². The van der Waals surface area contributed by atoms with Gasteiger partial charge >= 0.3 is 5.97 Å². The smallest absolute Gasteiger partial charge is 0.338 e. The SMILES string of the molecule is CCc1ccccc1Nc1nc(N)nc(COC(=O)c2ccccc2)n1. The summed E-state index contributed by atoms with van der Waals surface area (Å²) in [6.07, 6.45) is 0.866. The van der Waals surface area contributed by atoms with Crippen LogP contribution >= 0.6 is 0 Å². The Bertz CT molecular complexity index is 899. The van der Waals surface area contributed by atoms with Crippen LogP contribution in [0, 0.1) is 0 Å². The average molecular weight is 349 g/mol. The van der Waals surface area contributed by atoms with Gasteiger partial charge in [-0.2, -0.15) is 15.0 Å². The zero-order valence-corrected chi connectivity index (χ0v) is 14.3. The van der Waals surface area contributed by atoms with Crippen molar-refractivity contribution in [1.82, 2.24) is 15.0 Å². The Kier molecular flexibility index (Phi) is 5.38. The summed E-state index contributed by atoms with van der Waals surface area (Å²) in [7, 11) is 0. The lowest BCUT2D eigenvalue weighted by atomic mass is 10.1. The van der Waals surface area contributed by atoms with Crippen molar-refractivity contribution in [3.05, 3.63) is 71.5 Å². The molecule has 7 nitrogen and oxygen atoms in total. The minimum absolute atomic E-state index is 0.0576. The number of aryl methyl sites for hydroxylation is 1. The van der Waals surface area contributed by atoms with Crippen LogP contribution in [-0.2, 0) is 17.8 Å². The van der Waals surface area contributed by atoms with E-state index in [1.54, 1.807) is 24.3 Å². The predicted molar refractivity (Wildman–Crippen MR) is 98.9 cm³/mol. The number of benzene rings is 2. The summed E-state index contributed by atoms with van der Waals surface area (Å²) in [5.74, 6) is 0.195. The number of nitrogen functional groups attached to an aromatic ring is 1. The topological polar surface area (TPSA) is 103 Å². The van der Waals surface area contributed by atoms with Crippen LogP contribution in [0.5, 0.6) is 0 Å². The molecule has 0 aliphatic heterocycles. The third-order valence-corrected chi connectivity index (χ3v) is 3.69. The van der Waals surface area contributed by atoms with E-state index in [9.17, 15) is 4.79 Å². The van der Waals surface area contributed by atoms with Crippen LogP contribution in [0.4, 0.5) is 17.6 Å². The van der Waals surface area contributed by atoms with E-state index < -0.39 is 5.97 Å². The van der Waals surface area contributed by atoms with Crippen molar-refractivity contribution >= 4 is 23.6 Å². The van der Waals surface area contributed by atoms with Gasteiger partial charge in [-0.3, -0.25) is 0 Å². The van der Waals surface area contributed by atoms with Gasteiger partial charge in [-0.25, -0.2) is 4.79 Å². The Morgan fingerprint density at radius 2 is 1.77 bits per heavy atom. The first-order chi connectivity index (χ1) is 12.7. The molecule has 0 saturated heterocycles. The van der Waals surface area contributed by atoms with Crippen LogP contribution in [0.1, 0.15) is 28.7 Å². The second-order valence-corrected chi connectivity index (χ2v) is 5.51. The molecule has 3 N–H and O–H groups in total. The lowest BCUT2D eigenvalue weighted by Gasteiger charge is -2.11. The molecule has 26 heavy (non-hydrogen) atoms. The first kappa shape index (κ1) is 17.3. The second kappa shape index (κ2) is 8.06. The van der Waals surface area contributed by atoms with Gasteiger partial charge in [0.15, 0.2) is 12.4 Å². The van der Waals surface area contributed by atoms with E-state index in [2.05, 4.69) is 27.2 Å². The Hall–Kier alpha value is -3.48. The van der Waals surface area contributed by atoms with Gasteiger partial charge in [-0.15, -0.1) is 0 Å². The highest BCUT2D eigenvalue weighted by molar-refractivity contribution is 5.89. The molecule has 3 rings (SSSR count). The Morgan fingerprint density at radius 1 is 1.04 bits per heavy atom. The van der Waals surface area contributed by atoms with Crippen molar-refractivity contribution in [2.75, 3.05) is 11.1 Å². The molecule has 0 aliphatic rings.